The number of piperazine rings is 1. The van der Waals surface area contributed by atoms with Crippen LogP contribution in [0.3, 0.4) is 0 Å². The van der Waals surface area contributed by atoms with Gasteiger partial charge in [-0.05, 0) is 43.3 Å². The number of ether oxygens (including phenoxy) is 1. The van der Waals surface area contributed by atoms with Crippen molar-refractivity contribution in [3.63, 3.8) is 0 Å². The molecule has 0 atom stereocenters. The SMILES string of the molecule is CCOc1ccc(-c2noc(CN3CCN(c4ccccc4Cl)CC3)n2)cc1. The summed E-state index contributed by atoms with van der Waals surface area (Å²) in [5.41, 5.74) is 2.02. The van der Waals surface area contributed by atoms with Gasteiger partial charge in [-0.15, -0.1) is 0 Å². The Labute approximate surface area is 169 Å². The Morgan fingerprint density at radius 2 is 1.79 bits per heavy atom. The number of nitrogens with zero attached hydrogens (tertiary/aromatic N) is 4. The van der Waals surface area contributed by atoms with Crippen molar-refractivity contribution in [1.29, 1.82) is 0 Å². The van der Waals surface area contributed by atoms with Gasteiger partial charge < -0.3 is 14.2 Å². The van der Waals surface area contributed by atoms with Crippen molar-refractivity contribution in [2.24, 2.45) is 0 Å². The number of hydrogen-bond donors (Lipinski definition) is 0. The quantitative estimate of drug-likeness (QED) is 0.622. The first-order valence-corrected chi connectivity index (χ1v) is 9.88. The number of anilines is 1. The van der Waals surface area contributed by atoms with E-state index in [2.05, 4.69) is 26.0 Å². The Morgan fingerprint density at radius 1 is 1.04 bits per heavy atom. The molecule has 146 valence electrons. The van der Waals surface area contributed by atoms with Crippen LogP contribution in [-0.2, 0) is 6.54 Å². The molecule has 1 saturated heterocycles. The van der Waals surface area contributed by atoms with Crippen molar-refractivity contribution >= 4 is 17.3 Å². The van der Waals surface area contributed by atoms with Crippen LogP contribution in [-0.4, -0.2) is 47.8 Å². The molecule has 0 bridgehead atoms. The van der Waals surface area contributed by atoms with Gasteiger partial charge in [0.25, 0.3) is 0 Å². The molecule has 0 unspecified atom stereocenters. The molecule has 3 aromatic rings. The number of halogens is 1. The highest BCUT2D eigenvalue weighted by Gasteiger charge is 2.20. The second-order valence-electron chi connectivity index (χ2n) is 6.68. The molecular weight excluding hydrogens is 376 g/mol. The zero-order chi connectivity index (χ0) is 19.3. The summed E-state index contributed by atoms with van der Waals surface area (Å²) in [5, 5.41) is 4.92. The summed E-state index contributed by atoms with van der Waals surface area (Å²) in [6.45, 7) is 6.95. The fourth-order valence-corrected chi connectivity index (χ4v) is 3.60. The van der Waals surface area contributed by atoms with Gasteiger partial charge in [-0.1, -0.05) is 28.9 Å². The number of aromatic nitrogens is 2. The average molecular weight is 399 g/mol. The van der Waals surface area contributed by atoms with Crippen LogP contribution in [0, 0.1) is 0 Å². The minimum absolute atomic E-state index is 0.604. The van der Waals surface area contributed by atoms with Gasteiger partial charge in [0.15, 0.2) is 0 Å². The molecule has 1 fully saturated rings. The Kier molecular flexibility index (Phi) is 5.78. The van der Waals surface area contributed by atoms with E-state index in [9.17, 15) is 0 Å². The van der Waals surface area contributed by atoms with Crippen molar-refractivity contribution in [3.8, 4) is 17.1 Å². The van der Waals surface area contributed by atoms with E-state index in [1.807, 2.05) is 49.4 Å². The lowest BCUT2D eigenvalue weighted by Crippen LogP contribution is -2.46. The maximum absolute atomic E-state index is 6.32. The number of rotatable bonds is 6. The van der Waals surface area contributed by atoms with Crippen molar-refractivity contribution in [2.75, 3.05) is 37.7 Å². The van der Waals surface area contributed by atoms with Crippen molar-refractivity contribution in [2.45, 2.75) is 13.5 Å². The van der Waals surface area contributed by atoms with Crippen LogP contribution >= 0.6 is 11.6 Å². The zero-order valence-corrected chi connectivity index (χ0v) is 16.6. The van der Waals surface area contributed by atoms with Gasteiger partial charge in [-0.25, -0.2) is 0 Å². The van der Waals surface area contributed by atoms with Crippen LogP contribution in [0.2, 0.25) is 5.02 Å². The number of para-hydroxylation sites is 1. The van der Waals surface area contributed by atoms with E-state index in [1.165, 1.54) is 0 Å². The van der Waals surface area contributed by atoms with E-state index in [0.29, 0.717) is 24.9 Å². The number of benzene rings is 2. The minimum Gasteiger partial charge on any atom is -0.494 e. The first kappa shape index (κ1) is 18.8. The third kappa shape index (κ3) is 4.29. The van der Waals surface area contributed by atoms with E-state index >= 15 is 0 Å². The van der Waals surface area contributed by atoms with Crippen LogP contribution in [0.25, 0.3) is 11.4 Å². The van der Waals surface area contributed by atoms with E-state index in [-0.39, 0.29) is 0 Å². The Morgan fingerprint density at radius 3 is 2.50 bits per heavy atom. The average Bonchev–Trinajstić information content (AvgIpc) is 3.18. The highest BCUT2D eigenvalue weighted by molar-refractivity contribution is 6.33. The molecular formula is C21H23ClN4O2. The van der Waals surface area contributed by atoms with E-state index in [1.54, 1.807) is 0 Å². The Bertz CT molecular complexity index is 905. The topological polar surface area (TPSA) is 54.6 Å². The van der Waals surface area contributed by atoms with Gasteiger partial charge >= 0.3 is 0 Å². The van der Waals surface area contributed by atoms with Crippen molar-refractivity contribution in [1.82, 2.24) is 15.0 Å². The zero-order valence-electron chi connectivity index (χ0n) is 15.8. The molecule has 1 aromatic heterocycles. The molecule has 6 nitrogen and oxygen atoms in total. The largest absolute Gasteiger partial charge is 0.494 e. The summed E-state index contributed by atoms with van der Waals surface area (Å²) in [6, 6.07) is 15.7. The summed E-state index contributed by atoms with van der Waals surface area (Å²) in [4.78, 5) is 9.19. The maximum Gasteiger partial charge on any atom is 0.241 e. The van der Waals surface area contributed by atoms with Crippen molar-refractivity contribution < 1.29 is 9.26 Å². The summed E-state index contributed by atoms with van der Waals surface area (Å²) < 4.78 is 10.9. The smallest absolute Gasteiger partial charge is 0.241 e. The lowest BCUT2D eigenvalue weighted by molar-refractivity contribution is 0.215. The Balaban J connectivity index is 1.34. The predicted molar refractivity (Wildman–Crippen MR) is 110 cm³/mol. The standard InChI is InChI=1S/C21H23ClN4O2/c1-2-27-17-9-7-16(8-10-17)21-23-20(28-24-21)15-25-11-13-26(14-12-25)19-6-4-3-5-18(19)22/h3-10H,2,11-15H2,1H3. The van der Waals surface area contributed by atoms with E-state index in [0.717, 1.165) is 48.2 Å². The van der Waals surface area contributed by atoms with Gasteiger partial charge in [0.1, 0.15) is 5.75 Å². The molecule has 2 aromatic carbocycles. The summed E-state index contributed by atoms with van der Waals surface area (Å²) in [7, 11) is 0. The summed E-state index contributed by atoms with van der Waals surface area (Å²) in [6.07, 6.45) is 0. The molecule has 0 aliphatic carbocycles. The summed E-state index contributed by atoms with van der Waals surface area (Å²) >= 11 is 6.32. The summed E-state index contributed by atoms with van der Waals surface area (Å²) in [5.74, 6) is 2.08. The fraction of sp³-hybridized carbons (Fsp3) is 0.333. The highest BCUT2D eigenvalue weighted by Crippen LogP contribution is 2.26. The van der Waals surface area contributed by atoms with Gasteiger partial charge in [-0.3, -0.25) is 4.90 Å². The molecule has 4 rings (SSSR count). The highest BCUT2D eigenvalue weighted by atomic mass is 35.5. The molecule has 0 saturated carbocycles. The number of hydrogen-bond acceptors (Lipinski definition) is 6. The maximum atomic E-state index is 6.32. The lowest BCUT2D eigenvalue weighted by Gasteiger charge is -2.35. The lowest BCUT2D eigenvalue weighted by atomic mass is 10.2. The van der Waals surface area contributed by atoms with Crippen molar-refractivity contribution in [3.05, 3.63) is 59.4 Å². The second-order valence-corrected chi connectivity index (χ2v) is 7.09. The van der Waals surface area contributed by atoms with Gasteiger partial charge in [0.2, 0.25) is 11.7 Å². The fourth-order valence-electron chi connectivity index (χ4n) is 3.35. The van der Waals surface area contributed by atoms with Gasteiger partial charge in [0.05, 0.1) is 23.9 Å². The first-order valence-electron chi connectivity index (χ1n) is 9.50. The van der Waals surface area contributed by atoms with Crippen LogP contribution in [0.15, 0.2) is 53.1 Å². The second kappa shape index (κ2) is 8.63. The normalized spacial score (nSPS) is 15.0. The van der Waals surface area contributed by atoms with Gasteiger partial charge in [0, 0.05) is 31.7 Å². The van der Waals surface area contributed by atoms with Gasteiger partial charge in [-0.2, -0.15) is 4.98 Å². The molecule has 0 N–H and O–H groups in total. The molecule has 28 heavy (non-hydrogen) atoms. The van der Waals surface area contributed by atoms with E-state index in [4.69, 9.17) is 20.9 Å². The molecule has 0 radical (unpaired) electrons. The van der Waals surface area contributed by atoms with Crippen LogP contribution < -0.4 is 9.64 Å². The molecule has 1 aliphatic rings. The van der Waals surface area contributed by atoms with E-state index < -0.39 is 0 Å². The van der Waals surface area contributed by atoms with Crippen LogP contribution in [0.4, 0.5) is 5.69 Å². The molecule has 0 amide bonds. The molecule has 1 aliphatic heterocycles. The monoisotopic (exact) mass is 398 g/mol. The third-order valence-corrected chi connectivity index (χ3v) is 5.14. The minimum atomic E-state index is 0.604. The first-order chi connectivity index (χ1) is 13.7. The molecule has 7 heteroatoms. The molecule has 0 spiro atoms. The predicted octanol–water partition coefficient (Wildman–Crippen LogP) is 4.11. The van der Waals surface area contributed by atoms with Crippen LogP contribution in [0.1, 0.15) is 12.8 Å². The molecule has 2 heterocycles. The Hall–Kier alpha value is -2.57. The van der Waals surface area contributed by atoms with Crippen LogP contribution in [0.5, 0.6) is 5.75 Å². The third-order valence-electron chi connectivity index (χ3n) is 4.82.